The fourth-order valence-electron chi connectivity index (χ4n) is 1.95. The van der Waals surface area contributed by atoms with E-state index in [0.29, 0.717) is 0 Å². The molecule has 19 heavy (non-hydrogen) atoms. The average molecular weight is 259 g/mol. The summed E-state index contributed by atoms with van der Waals surface area (Å²) in [4.78, 5) is 0. The summed E-state index contributed by atoms with van der Waals surface area (Å²) in [5.41, 5.74) is 2.18. The molecule has 2 aromatic rings. The van der Waals surface area contributed by atoms with Crippen LogP contribution in [0.2, 0.25) is 0 Å². The Hall–Kier alpha value is -1.97. The minimum atomic E-state index is 0.170. The largest absolute Gasteiger partial charge is 0.489 e. The molecule has 0 saturated carbocycles. The Bertz CT molecular complexity index is 520. The van der Waals surface area contributed by atoms with Crippen LogP contribution < -0.4 is 10.1 Å². The maximum absolute atomic E-state index is 5.79. The number of anilines is 1. The Labute approximate surface area is 114 Å². The zero-order valence-electron chi connectivity index (χ0n) is 11.8. The molecular weight excluding hydrogens is 238 g/mol. The van der Waals surface area contributed by atoms with Crippen molar-refractivity contribution in [3.05, 3.63) is 42.2 Å². The highest BCUT2D eigenvalue weighted by atomic mass is 16.5. The Kier molecular flexibility index (Phi) is 4.44. The number of para-hydroxylation sites is 2. The van der Waals surface area contributed by atoms with Gasteiger partial charge in [-0.3, -0.25) is 4.68 Å². The first kappa shape index (κ1) is 13.5. The molecule has 1 aromatic heterocycles. The van der Waals surface area contributed by atoms with Crippen LogP contribution in [-0.4, -0.2) is 15.9 Å². The van der Waals surface area contributed by atoms with Gasteiger partial charge in [0.2, 0.25) is 0 Å². The van der Waals surface area contributed by atoms with E-state index in [2.05, 4.69) is 17.3 Å². The van der Waals surface area contributed by atoms with Gasteiger partial charge < -0.3 is 10.1 Å². The third kappa shape index (κ3) is 3.50. The van der Waals surface area contributed by atoms with Crippen LogP contribution in [0.5, 0.6) is 5.75 Å². The molecular formula is C15H21N3O. The highest BCUT2D eigenvalue weighted by molar-refractivity contribution is 5.56. The van der Waals surface area contributed by atoms with Gasteiger partial charge in [0, 0.05) is 12.7 Å². The van der Waals surface area contributed by atoms with Crippen molar-refractivity contribution in [1.82, 2.24) is 9.78 Å². The quantitative estimate of drug-likeness (QED) is 0.865. The standard InChI is InChI=1S/C15H21N3O/c1-4-18-13(9-10-17-18)11-16-14-7-5-6-8-15(14)19-12(2)3/h5-10,12,16H,4,11H2,1-3H3. The van der Waals surface area contributed by atoms with Crippen LogP contribution in [0.25, 0.3) is 0 Å². The van der Waals surface area contributed by atoms with Gasteiger partial charge in [0.1, 0.15) is 5.75 Å². The van der Waals surface area contributed by atoms with Crippen molar-refractivity contribution < 1.29 is 4.74 Å². The molecule has 0 unspecified atom stereocenters. The van der Waals surface area contributed by atoms with E-state index in [-0.39, 0.29) is 6.10 Å². The first-order chi connectivity index (χ1) is 9.20. The van der Waals surface area contributed by atoms with Gasteiger partial charge >= 0.3 is 0 Å². The Balaban J connectivity index is 2.07. The molecule has 2 rings (SSSR count). The number of benzene rings is 1. The number of ether oxygens (including phenoxy) is 1. The van der Waals surface area contributed by atoms with Crippen LogP contribution in [0.3, 0.4) is 0 Å². The highest BCUT2D eigenvalue weighted by Crippen LogP contribution is 2.25. The lowest BCUT2D eigenvalue weighted by atomic mass is 10.2. The lowest BCUT2D eigenvalue weighted by Crippen LogP contribution is -2.10. The molecule has 0 amide bonds. The van der Waals surface area contributed by atoms with Gasteiger partial charge in [-0.2, -0.15) is 5.10 Å². The fraction of sp³-hybridized carbons (Fsp3) is 0.400. The average Bonchev–Trinajstić information content (AvgIpc) is 2.84. The van der Waals surface area contributed by atoms with Crippen LogP contribution >= 0.6 is 0 Å². The van der Waals surface area contributed by atoms with Crippen molar-refractivity contribution >= 4 is 5.69 Å². The maximum Gasteiger partial charge on any atom is 0.142 e. The number of aromatic nitrogens is 2. The molecule has 4 nitrogen and oxygen atoms in total. The molecule has 1 aromatic carbocycles. The van der Waals surface area contributed by atoms with E-state index in [9.17, 15) is 0 Å². The molecule has 0 bridgehead atoms. The Morgan fingerprint density at radius 2 is 2.05 bits per heavy atom. The number of nitrogens with one attached hydrogen (secondary N) is 1. The number of aryl methyl sites for hydroxylation is 1. The van der Waals surface area contributed by atoms with Gasteiger partial charge in [0.05, 0.1) is 24.0 Å². The van der Waals surface area contributed by atoms with Gasteiger partial charge in [-0.15, -0.1) is 0 Å². The smallest absolute Gasteiger partial charge is 0.142 e. The number of nitrogens with zero attached hydrogens (tertiary/aromatic N) is 2. The second kappa shape index (κ2) is 6.27. The van der Waals surface area contributed by atoms with Crippen molar-refractivity contribution in [3.8, 4) is 5.75 Å². The second-order valence-electron chi connectivity index (χ2n) is 4.65. The number of hydrogen-bond acceptors (Lipinski definition) is 3. The van der Waals surface area contributed by atoms with Gasteiger partial charge in [-0.1, -0.05) is 12.1 Å². The van der Waals surface area contributed by atoms with E-state index in [1.807, 2.05) is 55.1 Å². The lowest BCUT2D eigenvalue weighted by molar-refractivity contribution is 0.243. The van der Waals surface area contributed by atoms with Crippen LogP contribution in [0.15, 0.2) is 36.5 Å². The lowest BCUT2D eigenvalue weighted by Gasteiger charge is -2.15. The first-order valence-corrected chi connectivity index (χ1v) is 6.71. The SMILES string of the molecule is CCn1nccc1CNc1ccccc1OC(C)C. The first-order valence-electron chi connectivity index (χ1n) is 6.71. The molecule has 102 valence electrons. The molecule has 0 atom stereocenters. The van der Waals surface area contributed by atoms with Crippen LogP contribution in [-0.2, 0) is 13.1 Å². The summed E-state index contributed by atoms with van der Waals surface area (Å²) in [7, 11) is 0. The van der Waals surface area contributed by atoms with E-state index in [0.717, 1.165) is 24.5 Å². The summed E-state index contributed by atoms with van der Waals surface area (Å²) in [6.07, 6.45) is 2.00. The Morgan fingerprint density at radius 1 is 1.26 bits per heavy atom. The minimum Gasteiger partial charge on any atom is -0.489 e. The second-order valence-corrected chi connectivity index (χ2v) is 4.65. The van der Waals surface area contributed by atoms with Gasteiger partial charge in [-0.05, 0) is 39.0 Å². The molecule has 0 fully saturated rings. The molecule has 0 aliphatic rings. The van der Waals surface area contributed by atoms with Gasteiger partial charge in [-0.25, -0.2) is 0 Å². The third-order valence-electron chi connectivity index (χ3n) is 2.81. The molecule has 0 aliphatic carbocycles. The number of hydrogen-bond donors (Lipinski definition) is 1. The van der Waals surface area contributed by atoms with Crippen LogP contribution in [0, 0.1) is 0 Å². The predicted octanol–water partition coefficient (Wildman–Crippen LogP) is 3.30. The summed E-state index contributed by atoms with van der Waals surface area (Å²) in [6.45, 7) is 7.78. The van der Waals surface area contributed by atoms with Gasteiger partial charge in [0.25, 0.3) is 0 Å². The summed E-state index contributed by atoms with van der Waals surface area (Å²) in [6, 6.07) is 10.0. The van der Waals surface area contributed by atoms with E-state index >= 15 is 0 Å². The molecule has 0 radical (unpaired) electrons. The zero-order chi connectivity index (χ0) is 13.7. The monoisotopic (exact) mass is 259 g/mol. The van der Waals surface area contributed by atoms with Crippen molar-refractivity contribution in [2.45, 2.75) is 40.0 Å². The van der Waals surface area contributed by atoms with Crippen molar-refractivity contribution in [2.75, 3.05) is 5.32 Å². The summed E-state index contributed by atoms with van der Waals surface area (Å²) in [5, 5.41) is 7.67. The van der Waals surface area contributed by atoms with Gasteiger partial charge in [0.15, 0.2) is 0 Å². The van der Waals surface area contributed by atoms with E-state index in [1.54, 1.807) is 0 Å². The minimum absolute atomic E-state index is 0.170. The molecule has 4 heteroatoms. The van der Waals surface area contributed by atoms with Crippen LogP contribution in [0.4, 0.5) is 5.69 Å². The number of rotatable bonds is 6. The van der Waals surface area contributed by atoms with E-state index < -0.39 is 0 Å². The molecule has 1 N–H and O–H groups in total. The zero-order valence-corrected chi connectivity index (χ0v) is 11.8. The summed E-state index contributed by atoms with van der Waals surface area (Å²) < 4.78 is 7.77. The van der Waals surface area contributed by atoms with Crippen molar-refractivity contribution in [3.63, 3.8) is 0 Å². The van der Waals surface area contributed by atoms with E-state index in [4.69, 9.17) is 4.74 Å². The molecule has 0 saturated heterocycles. The summed E-state index contributed by atoms with van der Waals surface area (Å²) >= 11 is 0. The third-order valence-corrected chi connectivity index (χ3v) is 2.81. The van der Waals surface area contributed by atoms with Crippen LogP contribution in [0.1, 0.15) is 26.5 Å². The van der Waals surface area contributed by atoms with Crippen molar-refractivity contribution in [1.29, 1.82) is 0 Å². The summed E-state index contributed by atoms with van der Waals surface area (Å²) in [5.74, 6) is 0.889. The Morgan fingerprint density at radius 3 is 2.79 bits per heavy atom. The van der Waals surface area contributed by atoms with E-state index in [1.165, 1.54) is 5.69 Å². The molecule has 0 spiro atoms. The van der Waals surface area contributed by atoms with Crippen molar-refractivity contribution in [2.24, 2.45) is 0 Å². The topological polar surface area (TPSA) is 39.1 Å². The normalized spacial score (nSPS) is 10.7. The molecule has 0 aliphatic heterocycles. The maximum atomic E-state index is 5.79. The highest BCUT2D eigenvalue weighted by Gasteiger charge is 2.06. The predicted molar refractivity (Wildman–Crippen MR) is 77.4 cm³/mol. The fourth-order valence-corrected chi connectivity index (χ4v) is 1.95. The molecule has 1 heterocycles.